The van der Waals surface area contributed by atoms with Gasteiger partial charge >= 0.3 is 12.0 Å². The number of rotatable bonds is 5. The number of nitrogens with zero attached hydrogens (tertiary/aromatic N) is 3. The number of carboxylic acids is 1. The predicted octanol–water partition coefficient (Wildman–Crippen LogP) is 0.0439. The highest BCUT2D eigenvalue weighted by Gasteiger charge is 2.33. The van der Waals surface area contributed by atoms with Crippen LogP contribution in [0.25, 0.3) is 0 Å². The average molecular weight is 299 g/mol. The molecule has 2 amide bonds. The Morgan fingerprint density at radius 2 is 1.86 bits per heavy atom. The van der Waals surface area contributed by atoms with E-state index in [0.717, 1.165) is 19.3 Å². The van der Waals surface area contributed by atoms with Gasteiger partial charge in [0.1, 0.15) is 6.04 Å². The minimum Gasteiger partial charge on any atom is -0.480 e. The van der Waals surface area contributed by atoms with Crippen molar-refractivity contribution in [2.45, 2.75) is 38.3 Å². The molecule has 2 fully saturated rings. The summed E-state index contributed by atoms with van der Waals surface area (Å²) in [5, 5.41) is 18.2. The van der Waals surface area contributed by atoms with Gasteiger partial charge in [-0.05, 0) is 26.2 Å². The molecule has 1 unspecified atom stereocenters. The van der Waals surface area contributed by atoms with Crippen molar-refractivity contribution in [3.8, 4) is 0 Å². The molecule has 0 aromatic heterocycles. The molecule has 1 saturated heterocycles. The number of aliphatic hydroxyl groups is 1. The summed E-state index contributed by atoms with van der Waals surface area (Å²) >= 11 is 0. The number of aliphatic hydroxyl groups excluding tert-OH is 1. The van der Waals surface area contributed by atoms with E-state index < -0.39 is 12.0 Å². The molecule has 0 spiro atoms. The molecule has 7 heteroatoms. The number of carbonyl (C=O) groups is 2. The van der Waals surface area contributed by atoms with Crippen LogP contribution in [0.1, 0.15) is 26.2 Å². The van der Waals surface area contributed by atoms with Crippen LogP contribution in [0.2, 0.25) is 0 Å². The Morgan fingerprint density at radius 3 is 2.29 bits per heavy atom. The fraction of sp³-hybridized carbons (Fsp3) is 0.857. The number of hydrogen-bond donors (Lipinski definition) is 2. The number of piperazine rings is 1. The average Bonchev–Trinajstić information content (AvgIpc) is 2.43. The summed E-state index contributed by atoms with van der Waals surface area (Å²) in [4.78, 5) is 29.0. The van der Waals surface area contributed by atoms with Crippen LogP contribution in [-0.4, -0.2) is 88.3 Å². The first-order valence-corrected chi connectivity index (χ1v) is 7.68. The lowest BCUT2D eigenvalue weighted by atomic mass is 9.91. The van der Waals surface area contributed by atoms with E-state index in [4.69, 9.17) is 10.2 Å². The molecule has 2 rings (SSSR count). The molecule has 21 heavy (non-hydrogen) atoms. The van der Waals surface area contributed by atoms with Crippen molar-refractivity contribution < 1.29 is 19.8 Å². The summed E-state index contributed by atoms with van der Waals surface area (Å²) in [6.07, 6.45) is 3.17. The molecule has 1 aliphatic heterocycles. The summed E-state index contributed by atoms with van der Waals surface area (Å²) in [5.74, 6) is -0.828. The van der Waals surface area contributed by atoms with Crippen molar-refractivity contribution in [2.24, 2.45) is 0 Å². The maximum Gasteiger partial charge on any atom is 0.320 e. The monoisotopic (exact) mass is 299 g/mol. The third-order valence-corrected chi connectivity index (χ3v) is 4.59. The summed E-state index contributed by atoms with van der Waals surface area (Å²) in [6, 6.07) is -0.264. The highest BCUT2D eigenvalue weighted by molar-refractivity contribution is 5.75. The van der Waals surface area contributed by atoms with Gasteiger partial charge < -0.3 is 20.0 Å². The van der Waals surface area contributed by atoms with Crippen molar-refractivity contribution in [2.75, 3.05) is 39.3 Å². The number of carbonyl (C=O) groups excluding carboxylic acids is 1. The topological polar surface area (TPSA) is 84.3 Å². The van der Waals surface area contributed by atoms with Crippen LogP contribution in [0.4, 0.5) is 4.79 Å². The van der Waals surface area contributed by atoms with Gasteiger partial charge in [0.05, 0.1) is 6.61 Å². The summed E-state index contributed by atoms with van der Waals surface area (Å²) < 4.78 is 0. The maximum atomic E-state index is 12.5. The Labute approximate surface area is 125 Å². The molecule has 0 radical (unpaired) electrons. The number of aliphatic carboxylic acids is 1. The van der Waals surface area contributed by atoms with E-state index in [1.54, 1.807) is 16.7 Å². The zero-order valence-corrected chi connectivity index (χ0v) is 12.6. The van der Waals surface area contributed by atoms with Crippen molar-refractivity contribution in [3.05, 3.63) is 0 Å². The number of urea groups is 1. The molecule has 120 valence electrons. The van der Waals surface area contributed by atoms with Crippen LogP contribution in [0, 0.1) is 0 Å². The summed E-state index contributed by atoms with van der Waals surface area (Å²) in [6.45, 7) is 4.30. The molecule has 2 N–H and O–H groups in total. The van der Waals surface area contributed by atoms with Crippen molar-refractivity contribution in [1.82, 2.24) is 14.7 Å². The van der Waals surface area contributed by atoms with Gasteiger partial charge in [0.2, 0.25) is 0 Å². The van der Waals surface area contributed by atoms with E-state index in [-0.39, 0.29) is 18.7 Å². The molecule has 1 heterocycles. The first kappa shape index (κ1) is 16.0. The van der Waals surface area contributed by atoms with Gasteiger partial charge in [-0.2, -0.15) is 0 Å². The number of amides is 2. The molecule has 0 aromatic carbocycles. The van der Waals surface area contributed by atoms with Crippen LogP contribution in [0.15, 0.2) is 0 Å². The van der Waals surface area contributed by atoms with E-state index in [2.05, 4.69) is 0 Å². The van der Waals surface area contributed by atoms with E-state index in [0.29, 0.717) is 32.7 Å². The van der Waals surface area contributed by atoms with Crippen LogP contribution in [0.3, 0.4) is 0 Å². The molecule has 1 atom stereocenters. The van der Waals surface area contributed by atoms with Gasteiger partial charge in [-0.3, -0.25) is 9.69 Å². The Balaban J connectivity index is 1.88. The lowest BCUT2D eigenvalue weighted by Gasteiger charge is -2.43. The molecule has 7 nitrogen and oxygen atoms in total. The summed E-state index contributed by atoms with van der Waals surface area (Å²) in [5.41, 5.74) is 0. The molecule has 1 saturated carbocycles. The summed E-state index contributed by atoms with van der Waals surface area (Å²) in [7, 11) is 0. The Kier molecular flexibility index (Phi) is 5.41. The highest BCUT2D eigenvalue weighted by Crippen LogP contribution is 2.25. The van der Waals surface area contributed by atoms with Gasteiger partial charge in [-0.15, -0.1) is 0 Å². The van der Waals surface area contributed by atoms with Gasteiger partial charge in [0.25, 0.3) is 0 Å². The Bertz CT molecular complexity index is 378. The molecule has 1 aliphatic carbocycles. The van der Waals surface area contributed by atoms with Gasteiger partial charge in [0.15, 0.2) is 0 Å². The number of carboxylic acid groups (broad SMARTS) is 1. The van der Waals surface area contributed by atoms with Gasteiger partial charge in [0, 0.05) is 38.8 Å². The largest absolute Gasteiger partial charge is 0.480 e. The SMILES string of the molecule is CC(C(=O)O)N1CCN(C(=O)N(CCO)C2CCC2)CC1. The molecular formula is C14H25N3O4. The molecule has 2 aliphatic rings. The van der Waals surface area contributed by atoms with Crippen molar-refractivity contribution >= 4 is 12.0 Å². The second-order valence-corrected chi connectivity index (χ2v) is 5.82. The smallest absolute Gasteiger partial charge is 0.320 e. The van der Waals surface area contributed by atoms with Crippen LogP contribution >= 0.6 is 0 Å². The Morgan fingerprint density at radius 1 is 1.24 bits per heavy atom. The minimum atomic E-state index is -0.828. The van der Waals surface area contributed by atoms with E-state index in [9.17, 15) is 9.59 Å². The minimum absolute atomic E-state index is 0.0156. The van der Waals surface area contributed by atoms with Crippen LogP contribution in [0.5, 0.6) is 0 Å². The van der Waals surface area contributed by atoms with Gasteiger partial charge in [-0.1, -0.05) is 0 Å². The highest BCUT2D eigenvalue weighted by atomic mass is 16.4. The predicted molar refractivity (Wildman–Crippen MR) is 77.1 cm³/mol. The number of hydrogen-bond acceptors (Lipinski definition) is 4. The standard InChI is InChI=1S/C14H25N3O4/c1-11(13(19)20)15-5-7-16(8-6-15)14(21)17(9-10-18)12-3-2-4-12/h11-12,18H,2-10H2,1H3,(H,19,20). The Hall–Kier alpha value is -1.34. The van der Waals surface area contributed by atoms with Crippen molar-refractivity contribution in [3.63, 3.8) is 0 Å². The lowest BCUT2D eigenvalue weighted by Crippen LogP contribution is -2.58. The van der Waals surface area contributed by atoms with Crippen LogP contribution < -0.4 is 0 Å². The quantitative estimate of drug-likeness (QED) is 0.749. The third kappa shape index (κ3) is 3.65. The van der Waals surface area contributed by atoms with Gasteiger partial charge in [-0.25, -0.2) is 4.79 Å². The first-order valence-electron chi connectivity index (χ1n) is 7.68. The zero-order chi connectivity index (χ0) is 15.4. The van der Waals surface area contributed by atoms with E-state index >= 15 is 0 Å². The second-order valence-electron chi connectivity index (χ2n) is 5.82. The third-order valence-electron chi connectivity index (χ3n) is 4.59. The zero-order valence-electron chi connectivity index (χ0n) is 12.6. The fourth-order valence-electron chi connectivity index (χ4n) is 2.88. The maximum absolute atomic E-state index is 12.5. The fourth-order valence-corrected chi connectivity index (χ4v) is 2.88. The van der Waals surface area contributed by atoms with Crippen LogP contribution in [-0.2, 0) is 4.79 Å². The van der Waals surface area contributed by atoms with E-state index in [1.165, 1.54) is 0 Å². The molecule has 0 aromatic rings. The normalized spacial score (nSPS) is 21.7. The molecule has 0 bridgehead atoms. The van der Waals surface area contributed by atoms with E-state index in [1.807, 2.05) is 4.90 Å². The second kappa shape index (κ2) is 7.09. The van der Waals surface area contributed by atoms with Crippen molar-refractivity contribution in [1.29, 1.82) is 0 Å². The first-order chi connectivity index (χ1) is 10.0. The molecular weight excluding hydrogens is 274 g/mol. The lowest BCUT2D eigenvalue weighted by molar-refractivity contribution is -0.143.